The van der Waals surface area contributed by atoms with E-state index in [1.54, 1.807) is 6.07 Å². The molecule has 0 N–H and O–H groups in total. The van der Waals surface area contributed by atoms with E-state index in [2.05, 4.69) is 0 Å². The van der Waals surface area contributed by atoms with Crippen LogP contribution < -0.4 is 0 Å². The lowest BCUT2D eigenvalue weighted by Crippen LogP contribution is -2.30. The van der Waals surface area contributed by atoms with Crippen molar-refractivity contribution in [3.63, 3.8) is 0 Å². The number of hydrogen-bond acceptors (Lipinski definition) is 2. The molecular formula is C20H17Cl2NO2S. The van der Waals surface area contributed by atoms with Crippen molar-refractivity contribution >= 4 is 33.2 Å². The number of halogens is 2. The third kappa shape index (κ3) is 4.27. The van der Waals surface area contributed by atoms with Crippen LogP contribution in [0.25, 0.3) is 0 Å². The molecule has 0 saturated carbocycles. The van der Waals surface area contributed by atoms with Gasteiger partial charge < -0.3 is 0 Å². The zero-order valence-corrected chi connectivity index (χ0v) is 16.2. The summed E-state index contributed by atoms with van der Waals surface area (Å²) in [6, 6.07) is 23.6. The Bertz CT molecular complexity index is 915. The molecule has 134 valence electrons. The molecule has 3 aromatic carbocycles. The summed E-state index contributed by atoms with van der Waals surface area (Å²) < 4.78 is 28.1. The molecule has 0 saturated heterocycles. The van der Waals surface area contributed by atoms with Crippen molar-refractivity contribution < 1.29 is 8.42 Å². The first-order valence-corrected chi connectivity index (χ1v) is 10.2. The third-order valence-corrected chi connectivity index (χ3v) is 6.67. The number of hydrogen-bond donors (Lipinski definition) is 0. The van der Waals surface area contributed by atoms with E-state index in [9.17, 15) is 8.42 Å². The number of sulfonamides is 1. The van der Waals surface area contributed by atoms with Crippen molar-refractivity contribution in [3.05, 3.63) is 100 Å². The third-order valence-electron chi connectivity index (χ3n) is 3.92. The fraction of sp³-hybridized carbons (Fsp3) is 0.100. The lowest BCUT2D eigenvalue weighted by atomic mass is 10.2. The Morgan fingerprint density at radius 3 is 1.50 bits per heavy atom. The minimum Gasteiger partial charge on any atom is -0.207 e. The summed E-state index contributed by atoms with van der Waals surface area (Å²) in [5.41, 5.74) is 1.77. The summed E-state index contributed by atoms with van der Waals surface area (Å²) >= 11 is 12.3. The molecule has 0 spiro atoms. The standard InChI is InChI=1S/C20H17Cl2NO2S/c21-18-12-7-13-19(22)20(18)26(24,25)23(14-16-8-3-1-4-9-16)15-17-10-5-2-6-11-17/h1-13H,14-15H2. The molecule has 0 aliphatic heterocycles. The predicted octanol–water partition coefficient (Wildman–Crippen LogP) is 5.38. The Kier molecular flexibility index (Phi) is 5.99. The van der Waals surface area contributed by atoms with Gasteiger partial charge in [-0.1, -0.05) is 89.9 Å². The number of benzene rings is 3. The highest BCUT2D eigenvalue weighted by atomic mass is 35.5. The molecule has 3 rings (SSSR count). The Morgan fingerprint density at radius 2 is 1.08 bits per heavy atom. The second-order valence-electron chi connectivity index (χ2n) is 5.80. The van der Waals surface area contributed by atoms with E-state index in [4.69, 9.17) is 23.2 Å². The normalized spacial score (nSPS) is 11.7. The van der Waals surface area contributed by atoms with Crippen LogP contribution >= 0.6 is 23.2 Å². The average molecular weight is 406 g/mol. The molecule has 0 aliphatic carbocycles. The van der Waals surface area contributed by atoms with E-state index in [0.29, 0.717) is 0 Å². The maximum atomic E-state index is 13.3. The molecule has 0 atom stereocenters. The van der Waals surface area contributed by atoms with E-state index in [1.165, 1.54) is 16.4 Å². The minimum absolute atomic E-state index is 0.0600. The molecule has 26 heavy (non-hydrogen) atoms. The zero-order valence-electron chi connectivity index (χ0n) is 13.8. The lowest BCUT2D eigenvalue weighted by Gasteiger charge is -2.23. The summed E-state index contributed by atoms with van der Waals surface area (Å²) in [5, 5.41) is 0.229. The zero-order chi connectivity index (χ0) is 18.6. The van der Waals surface area contributed by atoms with Gasteiger partial charge in [-0.15, -0.1) is 0 Å². The van der Waals surface area contributed by atoms with Gasteiger partial charge >= 0.3 is 0 Å². The maximum absolute atomic E-state index is 13.3. The summed E-state index contributed by atoms with van der Waals surface area (Å²) in [7, 11) is -3.89. The molecule has 0 fully saturated rings. The molecule has 0 heterocycles. The van der Waals surface area contributed by atoms with Crippen LogP contribution in [0.15, 0.2) is 83.8 Å². The van der Waals surface area contributed by atoms with Crippen molar-refractivity contribution in [3.8, 4) is 0 Å². The highest BCUT2D eigenvalue weighted by Crippen LogP contribution is 2.32. The van der Waals surface area contributed by atoms with Gasteiger partial charge in [-0.2, -0.15) is 4.31 Å². The van der Waals surface area contributed by atoms with Gasteiger partial charge in [-0.3, -0.25) is 0 Å². The quantitative estimate of drug-likeness (QED) is 0.551. The smallest absolute Gasteiger partial charge is 0.207 e. The monoisotopic (exact) mass is 405 g/mol. The van der Waals surface area contributed by atoms with Crippen LogP contribution in [0, 0.1) is 0 Å². The minimum atomic E-state index is -3.89. The first-order valence-electron chi connectivity index (χ1n) is 8.00. The van der Waals surface area contributed by atoms with Crippen molar-refractivity contribution in [1.82, 2.24) is 4.31 Å². The van der Waals surface area contributed by atoms with Crippen molar-refractivity contribution in [2.45, 2.75) is 18.0 Å². The van der Waals surface area contributed by atoms with Crippen LogP contribution in [-0.4, -0.2) is 12.7 Å². The van der Waals surface area contributed by atoms with E-state index in [-0.39, 0.29) is 28.0 Å². The van der Waals surface area contributed by atoms with Gasteiger partial charge in [0.15, 0.2) is 0 Å². The number of rotatable bonds is 6. The van der Waals surface area contributed by atoms with Gasteiger partial charge in [0.05, 0.1) is 10.0 Å². The molecule has 0 aliphatic rings. The largest absolute Gasteiger partial charge is 0.246 e. The predicted molar refractivity (Wildman–Crippen MR) is 106 cm³/mol. The lowest BCUT2D eigenvalue weighted by molar-refractivity contribution is 0.401. The highest BCUT2D eigenvalue weighted by Gasteiger charge is 2.29. The molecule has 0 bridgehead atoms. The molecule has 3 aromatic rings. The highest BCUT2D eigenvalue weighted by molar-refractivity contribution is 7.89. The van der Waals surface area contributed by atoms with E-state index < -0.39 is 10.0 Å². The molecular weight excluding hydrogens is 389 g/mol. The van der Waals surface area contributed by atoms with Crippen LogP contribution in [-0.2, 0) is 23.1 Å². The van der Waals surface area contributed by atoms with E-state index >= 15 is 0 Å². The molecule has 0 unspecified atom stereocenters. The molecule has 0 amide bonds. The number of nitrogens with zero attached hydrogens (tertiary/aromatic N) is 1. The Balaban J connectivity index is 2.04. The van der Waals surface area contributed by atoms with Crippen LogP contribution in [0.2, 0.25) is 10.0 Å². The van der Waals surface area contributed by atoms with Gasteiger partial charge in [0, 0.05) is 13.1 Å². The SMILES string of the molecule is O=S(=O)(c1c(Cl)cccc1Cl)N(Cc1ccccc1)Cc1ccccc1. The first-order chi connectivity index (χ1) is 12.5. The maximum Gasteiger partial charge on any atom is 0.246 e. The molecule has 0 aromatic heterocycles. The Morgan fingerprint density at radius 1 is 0.654 bits per heavy atom. The van der Waals surface area contributed by atoms with E-state index in [1.807, 2.05) is 60.7 Å². The van der Waals surface area contributed by atoms with Crippen molar-refractivity contribution in [2.75, 3.05) is 0 Å². The Hall–Kier alpha value is -1.85. The molecule has 0 radical (unpaired) electrons. The van der Waals surface area contributed by atoms with Crippen molar-refractivity contribution in [1.29, 1.82) is 0 Å². The van der Waals surface area contributed by atoms with Crippen LogP contribution in [0.3, 0.4) is 0 Å². The van der Waals surface area contributed by atoms with Gasteiger partial charge in [-0.25, -0.2) is 8.42 Å². The fourth-order valence-electron chi connectivity index (χ4n) is 2.66. The first kappa shape index (κ1) is 18.9. The second kappa shape index (κ2) is 8.23. The van der Waals surface area contributed by atoms with Crippen LogP contribution in [0.5, 0.6) is 0 Å². The van der Waals surface area contributed by atoms with Gasteiger partial charge in [0.25, 0.3) is 0 Å². The van der Waals surface area contributed by atoms with E-state index in [0.717, 1.165) is 11.1 Å². The summed E-state index contributed by atoms with van der Waals surface area (Å²) in [5.74, 6) is 0. The fourth-order valence-corrected chi connectivity index (χ4v) is 5.17. The summed E-state index contributed by atoms with van der Waals surface area (Å²) in [4.78, 5) is -0.0600. The summed E-state index contributed by atoms with van der Waals surface area (Å²) in [6.07, 6.45) is 0. The molecule has 3 nitrogen and oxygen atoms in total. The van der Waals surface area contributed by atoms with Gasteiger partial charge in [0.2, 0.25) is 10.0 Å². The second-order valence-corrected chi connectivity index (χ2v) is 8.48. The molecule has 6 heteroatoms. The van der Waals surface area contributed by atoms with Crippen LogP contribution in [0.4, 0.5) is 0 Å². The van der Waals surface area contributed by atoms with Gasteiger partial charge in [-0.05, 0) is 23.3 Å². The van der Waals surface area contributed by atoms with Crippen LogP contribution in [0.1, 0.15) is 11.1 Å². The summed E-state index contributed by atoms with van der Waals surface area (Å²) in [6.45, 7) is 0.444. The average Bonchev–Trinajstić information content (AvgIpc) is 2.62. The van der Waals surface area contributed by atoms with Gasteiger partial charge in [0.1, 0.15) is 4.90 Å². The topological polar surface area (TPSA) is 37.4 Å². The van der Waals surface area contributed by atoms with Crippen molar-refractivity contribution in [2.24, 2.45) is 0 Å². The Labute approximate surface area is 163 Å².